The SMILES string of the molecule is C[C@H](NC(=O)NC[C@@](C)(O)c1cnn(C)c1)c1cc2ccccc2o1. The quantitative estimate of drug-likeness (QED) is 0.664. The lowest BCUT2D eigenvalue weighted by atomic mass is 10.00. The van der Waals surface area contributed by atoms with E-state index >= 15 is 0 Å². The molecule has 0 unspecified atom stereocenters. The third-order valence-corrected chi connectivity index (χ3v) is 4.14. The Kier molecular flexibility index (Phi) is 4.50. The Morgan fingerprint density at radius 3 is 2.88 bits per heavy atom. The van der Waals surface area contributed by atoms with Gasteiger partial charge in [-0.3, -0.25) is 4.68 Å². The molecule has 0 aliphatic heterocycles. The van der Waals surface area contributed by atoms with Gasteiger partial charge in [-0.05, 0) is 26.0 Å². The van der Waals surface area contributed by atoms with Crippen LogP contribution >= 0.6 is 0 Å². The Morgan fingerprint density at radius 1 is 1.44 bits per heavy atom. The highest BCUT2D eigenvalue weighted by atomic mass is 16.3. The van der Waals surface area contributed by atoms with E-state index in [2.05, 4.69) is 15.7 Å². The molecule has 2 amide bonds. The fraction of sp³-hybridized carbons (Fsp3) is 0.333. The summed E-state index contributed by atoms with van der Waals surface area (Å²) in [5, 5.41) is 21.0. The largest absolute Gasteiger partial charge is 0.459 e. The molecule has 3 aromatic rings. The minimum atomic E-state index is -1.20. The molecule has 0 bridgehead atoms. The predicted octanol–water partition coefficient (Wildman–Crippen LogP) is 2.43. The topological polar surface area (TPSA) is 92.3 Å². The second-order valence-corrected chi connectivity index (χ2v) is 6.41. The van der Waals surface area contributed by atoms with Gasteiger partial charge in [-0.2, -0.15) is 5.10 Å². The summed E-state index contributed by atoms with van der Waals surface area (Å²) in [7, 11) is 1.77. The molecular formula is C18H22N4O3. The highest BCUT2D eigenvalue weighted by Gasteiger charge is 2.25. The van der Waals surface area contributed by atoms with E-state index in [4.69, 9.17) is 4.42 Å². The maximum absolute atomic E-state index is 12.1. The first-order valence-electron chi connectivity index (χ1n) is 8.09. The number of nitrogens with one attached hydrogen (secondary N) is 2. The molecule has 2 aromatic heterocycles. The maximum Gasteiger partial charge on any atom is 0.315 e. The molecule has 1 aromatic carbocycles. The van der Waals surface area contributed by atoms with Gasteiger partial charge in [-0.15, -0.1) is 0 Å². The number of carbonyl (C=O) groups excluding carboxylic acids is 1. The van der Waals surface area contributed by atoms with Crippen LogP contribution in [0.4, 0.5) is 4.79 Å². The predicted molar refractivity (Wildman–Crippen MR) is 93.9 cm³/mol. The number of hydrogen-bond acceptors (Lipinski definition) is 4. The Hall–Kier alpha value is -2.80. The van der Waals surface area contributed by atoms with Crippen molar-refractivity contribution in [3.63, 3.8) is 0 Å². The second-order valence-electron chi connectivity index (χ2n) is 6.41. The molecule has 3 rings (SSSR count). The first-order valence-corrected chi connectivity index (χ1v) is 8.09. The fourth-order valence-corrected chi connectivity index (χ4v) is 2.59. The van der Waals surface area contributed by atoms with Crippen LogP contribution < -0.4 is 10.6 Å². The van der Waals surface area contributed by atoms with Crippen LogP contribution in [0.15, 0.2) is 47.1 Å². The monoisotopic (exact) mass is 342 g/mol. The normalized spacial score (nSPS) is 14.9. The molecule has 7 heteroatoms. The van der Waals surface area contributed by atoms with Crippen molar-refractivity contribution in [2.45, 2.75) is 25.5 Å². The zero-order chi connectivity index (χ0) is 18.0. The minimum absolute atomic E-state index is 0.0668. The number of benzene rings is 1. The molecule has 0 aliphatic carbocycles. The van der Waals surface area contributed by atoms with Gasteiger partial charge in [-0.25, -0.2) is 4.79 Å². The molecule has 0 fully saturated rings. The van der Waals surface area contributed by atoms with E-state index in [9.17, 15) is 9.90 Å². The Balaban J connectivity index is 1.58. The third kappa shape index (κ3) is 3.83. The fourth-order valence-electron chi connectivity index (χ4n) is 2.59. The summed E-state index contributed by atoms with van der Waals surface area (Å²) in [6, 6.07) is 8.92. The summed E-state index contributed by atoms with van der Waals surface area (Å²) in [6.07, 6.45) is 3.30. The van der Waals surface area contributed by atoms with Crippen LogP contribution in [0.25, 0.3) is 11.0 Å². The van der Waals surface area contributed by atoms with Crippen LogP contribution in [-0.4, -0.2) is 27.5 Å². The van der Waals surface area contributed by atoms with E-state index < -0.39 is 5.60 Å². The summed E-state index contributed by atoms with van der Waals surface area (Å²) in [4.78, 5) is 12.1. The third-order valence-electron chi connectivity index (χ3n) is 4.14. The lowest BCUT2D eigenvalue weighted by Crippen LogP contribution is -2.44. The summed E-state index contributed by atoms with van der Waals surface area (Å²) in [5.74, 6) is 0.676. The summed E-state index contributed by atoms with van der Waals surface area (Å²) in [5.41, 5.74) is 0.223. The molecule has 2 atom stereocenters. The van der Waals surface area contributed by atoms with E-state index in [1.165, 1.54) is 0 Å². The number of hydrogen-bond donors (Lipinski definition) is 3. The van der Waals surface area contributed by atoms with Crippen LogP contribution in [0.5, 0.6) is 0 Å². The smallest absolute Gasteiger partial charge is 0.315 e. The Labute approximate surface area is 145 Å². The number of rotatable bonds is 5. The van der Waals surface area contributed by atoms with Crippen molar-refractivity contribution in [1.29, 1.82) is 0 Å². The van der Waals surface area contributed by atoms with Gasteiger partial charge in [0, 0.05) is 24.2 Å². The number of nitrogens with zero attached hydrogens (tertiary/aromatic N) is 2. The lowest BCUT2D eigenvalue weighted by molar-refractivity contribution is 0.0592. The van der Waals surface area contributed by atoms with Crippen molar-refractivity contribution in [3.8, 4) is 0 Å². The van der Waals surface area contributed by atoms with Gasteiger partial charge >= 0.3 is 6.03 Å². The molecule has 2 heterocycles. The van der Waals surface area contributed by atoms with E-state index in [1.54, 1.807) is 31.0 Å². The Bertz CT molecular complexity index is 848. The van der Waals surface area contributed by atoms with Gasteiger partial charge in [0.2, 0.25) is 0 Å². The molecule has 0 spiro atoms. The average molecular weight is 342 g/mol. The van der Waals surface area contributed by atoms with E-state index in [-0.39, 0.29) is 18.6 Å². The van der Waals surface area contributed by atoms with E-state index in [0.29, 0.717) is 11.3 Å². The number of aryl methyl sites for hydroxylation is 1. The van der Waals surface area contributed by atoms with Gasteiger partial charge in [0.05, 0.1) is 18.8 Å². The average Bonchev–Trinajstić information content (AvgIpc) is 3.19. The minimum Gasteiger partial charge on any atom is -0.459 e. The molecule has 0 radical (unpaired) electrons. The van der Waals surface area contributed by atoms with Gasteiger partial charge in [0.1, 0.15) is 16.9 Å². The maximum atomic E-state index is 12.1. The van der Waals surface area contributed by atoms with Crippen LogP contribution in [-0.2, 0) is 12.6 Å². The number of carbonyl (C=O) groups is 1. The number of amides is 2. The van der Waals surface area contributed by atoms with Gasteiger partial charge < -0.3 is 20.2 Å². The van der Waals surface area contributed by atoms with E-state index in [0.717, 1.165) is 11.0 Å². The highest BCUT2D eigenvalue weighted by Crippen LogP contribution is 2.23. The van der Waals surface area contributed by atoms with Crippen molar-refractivity contribution in [2.24, 2.45) is 7.05 Å². The summed E-state index contributed by atoms with van der Waals surface area (Å²) >= 11 is 0. The molecule has 3 N–H and O–H groups in total. The van der Waals surface area contributed by atoms with Crippen LogP contribution in [0.3, 0.4) is 0 Å². The number of fused-ring (bicyclic) bond motifs is 1. The molecule has 25 heavy (non-hydrogen) atoms. The zero-order valence-electron chi connectivity index (χ0n) is 14.5. The standard InChI is InChI=1S/C18H22N4O3/c1-12(16-8-13-6-4-5-7-15(13)25-16)21-17(23)19-11-18(2,24)14-9-20-22(3)10-14/h4-10,12,24H,11H2,1-3H3,(H2,19,21,23)/t12-,18+/m0/s1. The number of para-hydroxylation sites is 1. The second kappa shape index (κ2) is 6.60. The van der Waals surface area contributed by atoms with Crippen molar-refractivity contribution < 1.29 is 14.3 Å². The van der Waals surface area contributed by atoms with Crippen molar-refractivity contribution in [1.82, 2.24) is 20.4 Å². The summed E-state index contributed by atoms with van der Waals surface area (Å²) < 4.78 is 7.35. The number of aliphatic hydroxyl groups is 1. The first kappa shape index (κ1) is 17.0. The molecular weight excluding hydrogens is 320 g/mol. The first-order chi connectivity index (χ1) is 11.8. The molecule has 0 saturated heterocycles. The van der Waals surface area contributed by atoms with Crippen molar-refractivity contribution in [2.75, 3.05) is 6.54 Å². The van der Waals surface area contributed by atoms with Gasteiger partial charge in [0.25, 0.3) is 0 Å². The Morgan fingerprint density at radius 2 is 2.20 bits per heavy atom. The summed E-state index contributed by atoms with van der Waals surface area (Å²) in [6.45, 7) is 3.54. The highest BCUT2D eigenvalue weighted by molar-refractivity contribution is 5.78. The molecule has 0 saturated carbocycles. The number of aromatic nitrogens is 2. The number of urea groups is 1. The van der Waals surface area contributed by atoms with Crippen LogP contribution in [0.2, 0.25) is 0 Å². The zero-order valence-corrected chi connectivity index (χ0v) is 14.5. The van der Waals surface area contributed by atoms with E-state index in [1.807, 2.05) is 37.3 Å². The van der Waals surface area contributed by atoms with Crippen LogP contribution in [0, 0.1) is 0 Å². The van der Waals surface area contributed by atoms with Crippen molar-refractivity contribution >= 4 is 17.0 Å². The van der Waals surface area contributed by atoms with Gasteiger partial charge in [-0.1, -0.05) is 18.2 Å². The van der Waals surface area contributed by atoms with Crippen molar-refractivity contribution in [3.05, 3.63) is 54.0 Å². The van der Waals surface area contributed by atoms with Crippen LogP contribution in [0.1, 0.15) is 31.2 Å². The molecule has 132 valence electrons. The molecule has 0 aliphatic rings. The lowest BCUT2D eigenvalue weighted by Gasteiger charge is -2.23. The van der Waals surface area contributed by atoms with Gasteiger partial charge in [0.15, 0.2) is 0 Å². The molecule has 7 nitrogen and oxygen atoms in total. The number of furan rings is 1.